The molecule has 1 fully saturated rings. The number of rotatable bonds is 5. The van der Waals surface area contributed by atoms with Crippen molar-refractivity contribution in [2.24, 2.45) is 5.92 Å². The summed E-state index contributed by atoms with van der Waals surface area (Å²) < 4.78 is 0. The molecule has 28 heavy (non-hydrogen) atoms. The van der Waals surface area contributed by atoms with E-state index in [0.717, 1.165) is 11.1 Å². The van der Waals surface area contributed by atoms with Crippen LogP contribution in [0.3, 0.4) is 0 Å². The molecule has 1 aliphatic heterocycles. The molecule has 5 heteroatoms. The molecule has 138 valence electrons. The van der Waals surface area contributed by atoms with Crippen LogP contribution in [0.4, 0.5) is 0 Å². The van der Waals surface area contributed by atoms with E-state index >= 15 is 0 Å². The molecule has 0 spiro atoms. The number of benzene rings is 2. The number of hydrogen-bond acceptors (Lipinski definition) is 4. The van der Waals surface area contributed by atoms with E-state index in [1.807, 2.05) is 30.3 Å². The van der Waals surface area contributed by atoms with Crippen LogP contribution in [0.25, 0.3) is 0 Å². The van der Waals surface area contributed by atoms with E-state index in [2.05, 4.69) is 4.98 Å². The summed E-state index contributed by atoms with van der Waals surface area (Å²) in [6.07, 6.45) is 3.21. The molecule has 5 nitrogen and oxygen atoms in total. The Morgan fingerprint density at radius 3 is 2.11 bits per heavy atom. The van der Waals surface area contributed by atoms with Crippen molar-refractivity contribution in [2.75, 3.05) is 0 Å². The average molecular weight is 370 g/mol. The molecule has 1 aromatic heterocycles. The summed E-state index contributed by atoms with van der Waals surface area (Å²) in [5.41, 5.74) is 2.05. The zero-order valence-corrected chi connectivity index (χ0v) is 15.1. The summed E-state index contributed by atoms with van der Waals surface area (Å²) >= 11 is 0. The van der Waals surface area contributed by atoms with Gasteiger partial charge < -0.3 is 4.90 Å². The van der Waals surface area contributed by atoms with Gasteiger partial charge in [0.25, 0.3) is 5.91 Å². The van der Waals surface area contributed by atoms with Crippen LogP contribution in [0.5, 0.6) is 0 Å². The molecule has 2 atom stereocenters. The summed E-state index contributed by atoms with van der Waals surface area (Å²) in [5, 5.41) is 0. The van der Waals surface area contributed by atoms with Crippen LogP contribution in [0.2, 0.25) is 0 Å². The molecule has 1 aliphatic rings. The maximum atomic E-state index is 13.2. The van der Waals surface area contributed by atoms with Crippen molar-refractivity contribution in [2.45, 2.75) is 12.6 Å². The molecule has 1 saturated heterocycles. The van der Waals surface area contributed by atoms with Gasteiger partial charge in [0.2, 0.25) is 5.78 Å². The van der Waals surface area contributed by atoms with Crippen LogP contribution in [0, 0.1) is 5.92 Å². The summed E-state index contributed by atoms with van der Waals surface area (Å²) in [6, 6.07) is 20.9. The second-order valence-electron chi connectivity index (χ2n) is 6.72. The van der Waals surface area contributed by atoms with Gasteiger partial charge in [-0.1, -0.05) is 60.7 Å². The molecule has 1 amide bonds. The Morgan fingerprint density at radius 1 is 0.857 bits per heavy atom. The topological polar surface area (TPSA) is 67.3 Å². The highest BCUT2D eigenvalue weighted by atomic mass is 16.2. The van der Waals surface area contributed by atoms with Gasteiger partial charge in [-0.15, -0.1) is 0 Å². The third-order valence-electron chi connectivity index (χ3n) is 4.99. The van der Waals surface area contributed by atoms with E-state index < -0.39 is 23.7 Å². The quantitative estimate of drug-likeness (QED) is 0.393. The second-order valence-corrected chi connectivity index (χ2v) is 6.72. The lowest BCUT2D eigenvalue weighted by atomic mass is 9.86. The van der Waals surface area contributed by atoms with Gasteiger partial charge in [-0.05, 0) is 23.3 Å². The van der Waals surface area contributed by atoms with E-state index in [4.69, 9.17) is 0 Å². The molecule has 4 rings (SSSR count). The SMILES string of the molecule is O=C1C(=O)N(Cc2ccccc2)C(c2ccncc2)C1C(=O)c1ccccc1. The Bertz CT molecular complexity index is 1000. The zero-order valence-electron chi connectivity index (χ0n) is 15.1. The Labute approximate surface area is 162 Å². The zero-order chi connectivity index (χ0) is 19.5. The molecule has 2 aromatic carbocycles. The number of carbonyl (C=O) groups is 3. The number of likely N-dealkylation sites (tertiary alicyclic amines) is 1. The molecule has 0 bridgehead atoms. The van der Waals surface area contributed by atoms with Crippen LogP contribution in [-0.2, 0) is 16.1 Å². The number of Topliss-reactive ketones (excluding diaryl/α,β-unsaturated/α-hetero) is 2. The molecule has 3 aromatic rings. The van der Waals surface area contributed by atoms with E-state index in [1.165, 1.54) is 4.90 Å². The number of nitrogens with zero attached hydrogens (tertiary/aromatic N) is 2. The first-order valence-corrected chi connectivity index (χ1v) is 9.05. The van der Waals surface area contributed by atoms with Crippen LogP contribution >= 0.6 is 0 Å². The summed E-state index contributed by atoms with van der Waals surface area (Å²) in [7, 11) is 0. The Morgan fingerprint density at radius 2 is 1.46 bits per heavy atom. The second kappa shape index (κ2) is 7.56. The number of hydrogen-bond donors (Lipinski definition) is 0. The third kappa shape index (κ3) is 3.22. The number of pyridine rings is 1. The number of carbonyl (C=O) groups excluding carboxylic acids is 3. The fraction of sp³-hybridized carbons (Fsp3) is 0.130. The smallest absolute Gasteiger partial charge is 0.291 e. The van der Waals surface area contributed by atoms with Gasteiger partial charge in [0, 0.05) is 24.5 Å². The van der Waals surface area contributed by atoms with Gasteiger partial charge in [0.1, 0.15) is 5.92 Å². The van der Waals surface area contributed by atoms with Gasteiger partial charge >= 0.3 is 0 Å². The largest absolute Gasteiger partial charge is 0.324 e. The van der Waals surface area contributed by atoms with Gasteiger partial charge in [0.05, 0.1) is 6.04 Å². The lowest BCUT2D eigenvalue weighted by Gasteiger charge is -2.27. The summed E-state index contributed by atoms with van der Waals surface area (Å²) in [6.45, 7) is 0.261. The van der Waals surface area contributed by atoms with Crippen molar-refractivity contribution in [1.82, 2.24) is 9.88 Å². The highest BCUT2D eigenvalue weighted by Gasteiger charge is 2.51. The fourth-order valence-electron chi connectivity index (χ4n) is 3.65. The molecule has 0 radical (unpaired) electrons. The molecule has 0 N–H and O–H groups in total. The van der Waals surface area contributed by atoms with Crippen LogP contribution < -0.4 is 0 Å². The average Bonchev–Trinajstić information content (AvgIpc) is 3.00. The highest BCUT2D eigenvalue weighted by molar-refractivity contribution is 6.44. The first kappa shape index (κ1) is 17.8. The minimum Gasteiger partial charge on any atom is -0.324 e. The maximum absolute atomic E-state index is 13.2. The van der Waals surface area contributed by atoms with Crippen molar-refractivity contribution in [3.63, 3.8) is 0 Å². The molecule has 0 saturated carbocycles. The maximum Gasteiger partial charge on any atom is 0.291 e. The van der Waals surface area contributed by atoms with Crippen molar-refractivity contribution in [3.05, 3.63) is 102 Å². The van der Waals surface area contributed by atoms with Crippen molar-refractivity contribution in [1.29, 1.82) is 0 Å². The van der Waals surface area contributed by atoms with Gasteiger partial charge in [0.15, 0.2) is 5.78 Å². The van der Waals surface area contributed by atoms with Gasteiger partial charge in [-0.25, -0.2) is 0 Å². The van der Waals surface area contributed by atoms with Crippen LogP contribution in [0.1, 0.15) is 27.5 Å². The number of ketones is 2. The van der Waals surface area contributed by atoms with Crippen molar-refractivity contribution >= 4 is 17.5 Å². The predicted molar refractivity (Wildman–Crippen MR) is 103 cm³/mol. The Hall–Kier alpha value is -3.60. The van der Waals surface area contributed by atoms with E-state index in [0.29, 0.717) is 5.56 Å². The fourth-order valence-corrected chi connectivity index (χ4v) is 3.65. The van der Waals surface area contributed by atoms with E-state index in [9.17, 15) is 14.4 Å². The minimum absolute atomic E-state index is 0.261. The minimum atomic E-state index is -1.07. The highest BCUT2D eigenvalue weighted by Crippen LogP contribution is 2.38. The van der Waals surface area contributed by atoms with Crippen LogP contribution in [0.15, 0.2) is 85.2 Å². The van der Waals surface area contributed by atoms with Crippen LogP contribution in [-0.4, -0.2) is 27.4 Å². The van der Waals surface area contributed by atoms with Gasteiger partial charge in [-0.2, -0.15) is 0 Å². The van der Waals surface area contributed by atoms with Crippen molar-refractivity contribution < 1.29 is 14.4 Å². The molecule has 2 heterocycles. The lowest BCUT2D eigenvalue weighted by Crippen LogP contribution is -2.30. The van der Waals surface area contributed by atoms with Crippen molar-refractivity contribution in [3.8, 4) is 0 Å². The molecular weight excluding hydrogens is 352 g/mol. The first-order valence-electron chi connectivity index (χ1n) is 9.05. The third-order valence-corrected chi connectivity index (χ3v) is 4.99. The van der Waals surface area contributed by atoms with Gasteiger partial charge in [-0.3, -0.25) is 19.4 Å². The monoisotopic (exact) mass is 370 g/mol. The normalized spacial score (nSPS) is 19.1. The van der Waals surface area contributed by atoms with E-state index in [-0.39, 0.29) is 12.3 Å². The predicted octanol–water partition coefficient (Wildman–Crippen LogP) is 3.23. The molecule has 0 aliphatic carbocycles. The Kier molecular flexibility index (Phi) is 4.81. The Balaban J connectivity index is 1.77. The lowest BCUT2D eigenvalue weighted by molar-refractivity contribution is -0.141. The van der Waals surface area contributed by atoms with E-state index in [1.54, 1.807) is 54.9 Å². The first-order chi connectivity index (χ1) is 13.7. The standard InChI is InChI=1S/C23H18N2O3/c26-21(18-9-5-2-6-10-18)19-20(17-11-13-24-14-12-17)25(23(28)22(19)27)15-16-7-3-1-4-8-16/h1-14,19-20H,15H2. The summed E-state index contributed by atoms with van der Waals surface area (Å²) in [4.78, 5) is 44.4. The number of amides is 1. The number of aromatic nitrogens is 1. The summed E-state index contributed by atoms with van der Waals surface area (Å²) in [5.74, 6) is -2.69. The molecular formula is C23H18N2O3. The molecule has 2 unspecified atom stereocenters.